The maximum Gasteiger partial charge on any atom is 0.242 e. The number of hydrogen-bond acceptors (Lipinski definition) is 3. The minimum Gasteiger partial charge on any atom is -0.398 e. The van der Waals surface area contributed by atoms with E-state index in [9.17, 15) is 8.42 Å². The molecule has 0 saturated heterocycles. The fraction of sp³-hybridized carbons (Fsp3) is 0.500. The van der Waals surface area contributed by atoms with Crippen LogP contribution in [0.25, 0.3) is 0 Å². The average molecular weight is 254 g/mol. The van der Waals surface area contributed by atoms with Crippen molar-refractivity contribution < 1.29 is 8.42 Å². The largest absolute Gasteiger partial charge is 0.398 e. The summed E-state index contributed by atoms with van der Waals surface area (Å²) in [5.41, 5.74) is 5.95. The quantitative estimate of drug-likeness (QED) is 0.786. The number of rotatable bonds is 5. The van der Waals surface area contributed by atoms with Gasteiger partial charge in [0.1, 0.15) is 4.90 Å². The van der Waals surface area contributed by atoms with Crippen LogP contribution in [0.1, 0.15) is 25.7 Å². The highest BCUT2D eigenvalue weighted by Gasteiger charge is 2.20. The van der Waals surface area contributed by atoms with Crippen LogP contribution in [0.5, 0.6) is 0 Å². The lowest BCUT2D eigenvalue weighted by atomic mass is 9.83. The molecule has 0 atom stereocenters. The molecule has 1 aliphatic rings. The number of benzene rings is 1. The molecule has 3 N–H and O–H groups in total. The van der Waals surface area contributed by atoms with Crippen molar-refractivity contribution in [3.05, 3.63) is 24.3 Å². The molecule has 0 spiro atoms. The van der Waals surface area contributed by atoms with Gasteiger partial charge in [-0.05, 0) is 24.5 Å². The van der Waals surface area contributed by atoms with Crippen molar-refractivity contribution in [1.29, 1.82) is 0 Å². The van der Waals surface area contributed by atoms with Crippen molar-refractivity contribution in [3.63, 3.8) is 0 Å². The van der Waals surface area contributed by atoms with Crippen molar-refractivity contribution in [3.8, 4) is 0 Å². The molecule has 1 aliphatic carbocycles. The number of para-hydroxylation sites is 1. The molecule has 0 amide bonds. The van der Waals surface area contributed by atoms with Crippen molar-refractivity contribution in [1.82, 2.24) is 4.72 Å². The zero-order valence-corrected chi connectivity index (χ0v) is 10.5. The summed E-state index contributed by atoms with van der Waals surface area (Å²) >= 11 is 0. The standard InChI is InChI=1S/C12H18N2O2S/c13-11-6-1-2-7-12(11)17(15,16)14-9-8-10-4-3-5-10/h1-2,6-7,10,14H,3-5,8-9,13H2. The number of anilines is 1. The molecule has 1 aromatic rings. The Bertz CT molecular complexity index is 481. The molecule has 1 aromatic carbocycles. The highest BCUT2D eigenvalue weighted by atomic mass is 32.2. The van der Waals surface area contributed by atoms with Crippen LogP contribution in [0.15, 0.2) is 29.2 Å². The minimum absolute atomic E-state index is 0.175. The Morgan fingerprint density at radius 1 is 1.29 bits per heavy atom. The van der Waals surface area contributed by atoms with Gasteiger partial charge in [-0.2, -0.15) is 0 Å². The number of nitrogen functional groups attached to an aromatic ring is 1. The van der Waals surface area contributed by atoms with E-state index >= 15 is 0 Å². The molecule has 0 aliphatic heterocycles. The second-order valence-corrected chi connectivity index (χ2v) is 6.26. The van der Waals surface area contributed by atoms with Crippen LogP contribution < -0.4 is 10.5 Å². The van der Waals surface area contributed by atoms with E-state index in [1.54, 1.807) is 18.2 Å². The number of sulfonamides is 1. The van der Waals surface area contributed by atoms with Gasteiger partial charge in [-0.1, -0.05) is 31.4 Å². The van der Waals surface area contributed by atoms with Crippen LogP contribution in [0, 0.1) is 5.92 Å². The molecule has 1 fully saturated rings. The van der Waals surface area contributed by atoms with E-state index in [0.29, 0.717) is 18.2 Å². The topological polar surface area (TPSA) is 72.2 Å². The van der Waals surface area contributed by atoms with Gasteiger partial charge in [0, 0.05) is 6.54 Å². The molecule has 0 heterocycles. The van der Waals surface area contributed by atoms with Gasteiger partial charge >= 0.3 is 0 Å². The number of hydrogen-bond donors (Lipinski definition) is 2. The monoisotopic (exact) mass is 254 g/mol. The zero-order valence-electron chi connectivity index (χ0n) is 9.72. The van der Waals surface area contributed by atoms with Gasteiger partial charge in [0.05, 0.1) is 5.69 Å². The molecule has 2 rings (SSSR count). The Kier molecular flexibility index (Phi) is 3.69. The summed E-state index contributed by atoms with van der Waals surface area (Å²) in [6.07, 6.45) is 4.67. The van der Waals surface area contributed by atoms with Crippen LogP contribution in [0.3, 0.4) is 0 Å². The summed E-state index contributed by atoms with van der Waals surface area (Å²) in [6.45, 7) is 0.501. The number of nitrogens with two attached hydrogens (primary N) is 1. The fourth-order valence-corrected chi connectivity index (χ4v) is 3.16. The van der Waals surface area contributed by atoms with E-state index in [-0.39, 0.29) is 4.90 Å². The molecule has 0 unspecified atom stereocenters. The summed E-state index contributed by atoms with van der Waals surface area (Å²) < 4.78 is 26.5. The lowest BCUT2D eigenvalue weighted by Gasteiger charge is -2.25. The van der Waals surface area contributed by atoms with E-state index < -0.39 is 10.0 Å². The predicted octanol–water partition coefficient (Wildman–Crippen LogP) is 1.74. The van der Waals surface area contributed by atoms with Gasteiger partial charge in [-0.15, -0.1) is 0 Å². The van der Waals surface area contributed by atoms with Gasteiger partial charge in [-0.25, -0.2) is 13.1 Å². The smallest absolute Gasteiger partial charge is 0.242 e. The molecule has 0 radical (unpaired) electrons. The predicted molar refractivity (Wildman–Crippen MR) is 68.0 cm³/mol. The maximum atomic E-state index is 11.9. The van der Waals surface area contributed by atoms with E-state index in [1.165, 1.54) is 25.3 Å². The molecule has 0 bridgehead atoms. The highest BCUT2D eigenvalue weighted by Crippen LogP contribution is 2.29. The lowest BCUT2D eigenvalue weighted by Crippen LogP contribution is -2.28. The van der Waals surface area contributed by atoms with Gasteiger partial charge in [0.2, 0.25) is 10.0 Å². The van der Waals surface area contributed by atoms with E-state index in [1.807, 2.05) is 0 Å². The van der Waals surface area contributed by atoms with Crippen molar-refractivity contribution in [2.45, 2.75) is 30.6 Å². The molecule has 4 nitrogen and oxygen atoms in total. The first-order valence-electron chi connectivity index (χ1n) is 5.94. The Balaban J connectivity index is 1.96. The van der Waals surface area contributed by atoms with Gasteiger partial charge < -0.3 is 5.73 Å². The van der Waals surface area contributed by atoms with Crippen LogP contribution in [-0.4, -0.2) is 15.0 Å². The molecular weight excluding hydrogens is 236 g/mol. The highest BCUT2D eigenvalue weighted by molar-refractivity contribution is 7.89. The van der Waals surface area contributed by atoms with Gasteiger partial charge in [-0.3, -0.25) is 0 Å². The van der Waals surface area contributed by atoms with Crippen molar-refractivity contribution >= 4 is 15.7 Å². The molecule has 94 valence electrons. The molecule has 5 heteroatoms. The third-order valence-electron chi connectivity index (χ3n) is 3.28. The Labute approximate surface area is 102 Å². The van der Waals surface area contributed by atoms with E-state index in [0.717, 1.165) is 6.42 Å². The maximum absolute atomic E-state index is 11.9. The first kappa shape index (κ1) is 12.4. The van der Waals surface area contributed by atoms with Crippen LogP contribution >= 0.6 is 0 Å². The molecular formula is C12H18N2O2S. The van der Waals surface area contributed by atoms with Crippen LogP contribution in [-0.2, 0) is 10.0 Å². The minimum atomic E-state index is -3.45. The normalized spacial score (nSPS) is 16.7. The molecule has 17 heavy (non-hydrogen) atoms. The van der Waals surface area contributed by atoms with Crippen molar-refractivity contribution in [2.75, 3.05) is 12.3 Å². The summed E-state index contributed by atoms with van der Waals surface area (Å²) in [6, 6.07) is 6.53. The Morgan fingerprint density at radius 2 is 2.00 bits per heavy atom. The van der Waals surface area contributed by atoms with Crippen molar-refractivity contribution in [2.24, 2.45) is 5.92 Å². The zero-order chi connectivity index (χ0) is 12.3. The second-order valence-electron chi connectivity index (χ2n) is 4.52. The lowest BCUT2D eigenvalue weighted by molar-refractivity contribution is 0.297. The van der Waals surface area contributed by atoms with Crippen LogP contribution in [0.2, 0.25) is 0 Å². The summed E-state index contributed by atoms with van der Waals surface area (Å²) in [4.78, 5) is 0.175. The fourth-order valence-electron chi connectivity index (χ4n) is 1.98. The Morgan fingerprint density at radius 3 is 2.59 bits per heavy atom. The van der Waals surface area contributed by atoms with Gasteiger partial charge in [0.15, 0.2) is 0 Å². The third-order valence-corrected chi connectivity index (χ3v) is 4.81. The third kappa shape index (κ3) is 2.98. The first-order chi connectivity index (χ1) is 8.09. The Hall–Kier alpha value is -1.07. The average Bonchev–Trinajstić information content (AvgIpc) is 2.22. The molecule has 0 aromatic heterocycles. The van der Waals surface area contributed by atoms with E-state index in [4.69, 9.17) is 5.73 Å². The van der Waals surface area contributed by atoms with E-state index in [2.05, 4.69) is 4.72 Å². The summed E-state index contributed by atoms with van der Waals surface area (Å²) in [5.74, 6) is 0.700. The first-order valence-corrected chi connectivity index (χ1v) is 7.42. The summed E-state index contributed by atoms with van der Waals surface area (Å²) in [7, 11) is -3.45. The molecule has 1 saturated carbocycles. The SMILES string of the molecule is Nc1ccccc1S(=O)(=O)NCCC1CCC1. The van der Waals surface area contributed by atoms with Gasteiger partial charge in [0.25, 0.3) is 0 Å². The van der Waals surface area contributed by atoms with Crippen LogP contribution in [0.4, 0.5) is 5.69 Å². The number of nitrogens with one attached hydrogen (secondary N) is 1. The summed E-state index contributed by atoms with van der Waals surface area (Å²) in [5, 5.41) is 0. The second kappa shape index (κ2) is 5.06.